The average Bonchev–Trinajstić information content (AvgIpc) is 2.39. The second-order valence-electron chi connectivity index (χ2n) is 4.87. The normalized spacial score (nSPS) is 19.6. The molecule has 2 rings (SSSR count). The SMILES string of the molecule is CNc1cc(N(C)CC2CCCOC2)nc(C)n1. The van der Waals surface area contributed by atoms with Crippen LogP contribution < -0.4 is 10.2 Å². The quantitative estimate of drug-likeness (QED) is 0.881. The summed E-state index contributed by atoms with van der Waals surface area (Å²) in [5.74, 6) is 3.24. The molecule has 1 aliphatic rings. The van der Waals surface area contributed by atoms with Crippen molar-refractivity contribution in [1.82, 2.24) is 9.97 Å². The van der Waals surface area contributed by atoms with Crippen molar-refractivity contribution in [2.45, 2.75) is 19.8 Å². The van der Waals surface area contributed by atoms with E-state index < -0.39 is 0 Å². The van der Waals surface area contributed by atoms with Crippen LogP contribution in [0.15, 0.2) is 6.07 Å². The maximum atomic E-state index is 5.52. The van der Waals surface area contributed by atoms with Gasteiger partial charge in [-0.15, -0.1) is 0 Å². The molecular weight excluding hydrogens is 228 g/mol. The number of hydrogen-bond donors (Lipinski definition) is 1. The van der Waals surface area contributed by atoms with Crippen LogP contribution in [-0.2, 0) is 4.74 Å². The number of nitrogens with zero attached hydrogens (tertiary/aromatic N) is 3. The van der Waals surface area contributed by atoms with E-state index in [-0.39, 0.29) is 0 Å². The largest absolute Gasteiger partial charge is 0.381 e. The van der Waals surface area contributed by atoms with E-state index in [0.29, 0.717) is 5.92 Å². The minimum absolute atomic E-state index is 0.608. The zero-order chi connectivity index (χ0) is 13.0. The molecule has 100 valence electrons. The molecule has 1 unspecified atom stereocenters. The maximum Gasteiger partial charge on any atom is 0.134 e. The molecule has 1 atom stereocenters. The van der Waals surface area contributed by atoms with Crippen LogP contribution in [0.5, 0.6) is 0 Å². The third-order valence-corrected chi connectivity index (χ3v) is 3.26. The molecule has 0 saturated carbocycles. The Morgan fingerprint density at radius 2 is 2.33 bits per heavy atom. The van der Waals surface area contributed by atoms with Gasteiger partial charge in [0.2, 0.25) is 0 Å². The van der Waals surface area contributed by atoms with Gasteiger partial charge >= 0.3 is 0 Å². The van der Waals surface area contributed by atoms with Crippen molar-refractivity contribution >= 4 is 11.6 Å². The number of aromatic nitrogens is 2. The predicted molar refractivity (Wildman–Crippen MR) is 73.1 cm³/mol. The molecule has 1 aliphatic heterocycles. The number of nitrogens with one attached hydrogen (secondary N) is 1. The highest BCUT2D eigenvalue weighted by molar-refractivity contribution is 5.48. The maximum absolute atomic E-state index is 5.52. The smallest absolute Gasteiger partial charge is 0.134 e. The van der Waals surface area contributed by atoms with Gasteiger partial charge in [0.25, 0.3) is 0 Å². The summed E-state index contributed by atoms with van der Waals surface area (Å²) in [6.45, 7) is 4.69. The molecule has 0 spiro atoms. The fourth-order valence-corrected chi connectivity index (χ4v) is 2.31. The molecular formula is C13H22N4O. The zero-order valence-corrected chi connectivity index (χ0v) is 11.4. The summed E-state index contributed by atoms with van der Waals surface area (Å²) in [4.78, 5) is 11.0. The van der Waals surface area contributed by atoms with E-state index >= 15 is 0 Å². The third-order valence-electron chi connectivity index (χ3n) is 3.26. The first-order chi connectivity index (χ1) is 8.69. The lowest BCUT2D eigenvalue weighted by atomic mass is 10.0. The van der Waals surface area contributed by atoms with E-state index in [0.717, 1.165) is 37.2 Å². The van der Waals surface area contributed by atoms with E-state index in [2.05, 4.69) is 27.2 Å². The average molecular weight is 250 g/mol. The molecule has 5 heteroatoms. The lowest BCUT2D eigenvalue weighted by molar-refractivity contribution is 0.0576. The molecule has 0 bridgehead atoms. The summed E-state index contributed by atoms with van der Waals surface area (Å²) in [5.41, 5.74) is 0. The van der Waals surface area contributed by atoms with E-state index in [1.807, 2.05) is 20.0 Å². The van der Waals surface area contributed by atoms with Gasteiger partial charge in [-0.05, 0) is 25.7 Å². The Balaban J connectivity index is 2.02. The summed E-state index contributed by atoms with van der Waals surface area (Å²) in [6, 6.07) is 1.98. The number of aryl methyl sites for hydroxylation is 1. The molecule has 1 fully saturated rings. The van der Waals surface area contributed by atoms with Crippen LogP contribution in [0.1, 0.15) is 18.7 Å². The van der Waals surface area contributed by atoms with Gasteiger partial charge in [0, 0.05) is 33.3 Å². The lowest BCUT2D eigenvalue weighted by Gasteiger charge is -2.28. The molecule has 1 aromatic heterocycles. The summed E-state index contributed by atoms with van der Waals surface area (Å²) in [6.07, 6.45) is 2.41. The summed E-state index contributed by atoms with van der Waals surface area (Å²) in [5, 5.41) is 3.06. The van der Waals surface area contributed by atoms with Gasteiger partial charge < -0.3 is 15.0 Å². The minimum atomic E-state index is 0.608. The third kappa shape index (κ3) is 3.32. The highest BCUT2D eigenvalue weighted by Crippen LogP contribution is 2.19. The van der Waals surface area contributed by atoms with Gasteiger partial charge in [0.1, 0.15) is 17.5 Å². The Hall–Kier alpha value is -1.36. The highest BCUT2D eigenvalue weighted by Gasteiger charge is 2.17. The van der Waals surface area contributed by atoms with Gasteiger partial charge in [0.05, 0.1) is 6.61 Å². The summed E-state index contributed by atoms with van der Waals surface area (Å²) < 4.78 is 5.52. The van der Waals surface area contributed by atoms with Crippen LogP contribution >= 0.6 is 0 Å². The van der Waals surface area contributed by atoms with Gasteiger partial charge in [-0.3, -0.25) is 0 Å². The van der Waals surface area contributed by atoms with Crippen LogP contribution in [0.2, 0.25) is 0 Å². The molecule has 1 aromatic rings. The van der Waals surface area contributed by atoms with E-state index in [1.165, 1.54) is 12.8 Å². The standard InChI is InChI=1S/C13H22N4O/c1-10-15-12(14-2)7-13(16-10)17(3)8-11-5-4-6-18-9-11/h7,11H,4-6,8-9H2,1-3H3,(H,14,15,16). The Bertz CT molecular complexity index is 391. The first kappa shape index (κ1) is 13.1. The number of hydrogen-bond acceptors (Lipinski definition) is 5. The first-order valence-electron chi connectivity index (χ1n) is 6.51. The molecule has 0 radical (unpaired) electrons. The van der Waals surface area contributed by atoms with Crippen LogP contribution in [0, 0.1) is 12.8 Å². The summed E-state index contributed by atoms with van der Waals surface area (Å²) in [7, 11) is 3.95. The fourth-order valence-electron chi connectivity index (χ4n) is 2.31. The van der Waals surface area contributed by atoms with Crippen molar-refractivity contribution in [3.8, 4) is 0 Å². The van der Waals surface area contributed by atoms with Gasteiger partial charge in [-0.2, -0.15) is 0 Å². The first-order valence-corrected chi connectivity index (χ1v) is 6.51. The van der Waals surface area contributed by atoms with Crippen molar-refractivity contribution in [3.63, 3.8) is 0 Å². The Kier molecular flexibility index (Phi) is 4.36. The van der Waals surface area contributed by atoms with E-state index in [9.17, 15) is 0 Å². The molecule has 2 heterocycles. The van der Waals surface area contributed by atoms with Crippen molar-refractivity contribution in [2.75, 3.05) is 44.1 Å². The Labute approximate surface area is 109 Å². The minimum Gasteiger partial charge on any atom is -0.381 e. The van der Waals surface area contributed by atoms with Crippen molar-refractivity contribution < 1.29 is 4.74 Å². The van der Waals surface area contributed by atoms with E-state index in [1.54, 1.807) is 0 Å². The predicted octanol–water partition coefficient (Wildman–Crippen LogP) is 1.69. The fraction of sp³-hybridized carbons (Fsp3) is 0.692. The van der Waals surface area contributed by atoms with Crippen LogP contribution in [0.4, 0.5) is 11.6 Å². The second-order valence-corrected chi connectivity index (χ2v) is 4.87. The number of anilines is 2. The van der Waals surface area contributed by atoms with Gasteiger partial charge in [-0.25, -0.2) is 9.97 Å². The van der Waals surface area contributed by atoms with Crippen LogP contribution in [0.25, 0.3) is 0 Å². The highest BCUT2D eigenvalue weighted by atomic mass is 16.5. The zero-order valence-electron chi connectivity index (χ0n) is 11.4. The van der Waals surface area contributed by atoms with Crippen molar-refractivity contribution in [1.29, 1.82) is 0 Å². The van der Waals surface area contributed by atoms with Crippen LogP contribution in [-0.4, -0.2) is 43.8 Å². The van der Waals surface area contributed by atoms with Crippen LogP contribution in [0.3, 0.4) is 0 Å². The lowest BCUT2D eigenvalue weighted by Crippen LogP contribution is -2.31. The molecule has 0 amide bonds. The monoisotopic (exact) mass is 250 g/mol. The number of rotatable bonds is 4. The Morgan fingerprint density at radius 1 is 1.50 bits per heavy atom. The topological polar surface area (TPSA) is 50.3 Å². The molecule has 0 aromatic carbocycles. The van der Waals surface area contributed by atoms with E-state index in [4.69, 9.17) is 4.74 Å². The molecule has 18 heavy (non-hydrogen) atoms. The molecule has 0 aliphatic carbocycles. The summed E-state index contributed by atoms with van der Waals surface area (Å²) >= 11 is 0. The Morgan fingerprint density at radius 3 is 3.00 bits per heavy atom. The second kappa shape index (κ2) is 6.00. The van der Waals surface area contributed by atoms with Gasteiger partial charge in [0.15, 0.2) is 0 Å². The van der Waals surface area contributed by atoms with Crippen molar-refractivity contribution in [2.24, 2.45) is 5.92 Å². The molecule has 1 N–H and O–H groups in total. The molecule has 5 nitrogen and oxygen atoms in total. The van der Waals surface area contributed by atoms with Gasteiger partial charge in [-0.1, -0.05) is 0 Å². The number of ether oxygens (including phenoxy) is 1. The van der Waals surface area contributed by atoms with Crippen molar-refractivity contribution in [3.05, 3.63) is 11.9 Å². The molecule has 1 saturated heterocycles.